The van der Waals surface area contributed by atoms with Gasteiger partial charge in [-0.25, -0.2) is 4.79 Å². The molecule has 2 fully saturated rings. The number of ether oxygens (including phenoxy) is 1. The summed E-state index contributed by atoms with van der Waals surface area (Å²) < 4.78 is 7.80. The summed E-state index contributed by atoms with van der Waals surface area (Å²) in [5.41, 5.74) is 2.14. The van der Waals surface area contributed by atoms with E-state index in [1.54, 1.807) is 0 Å². The molecule has 2 aliphatic heterocycles. The fraction of sp³-hybridized carbons (Fsp3) is 0.667. The van der Waals surface area contributed by atoms with Gasteiger partial charge in [-0.05, 0) is 19.9 Å². The molecule has 23 heavy (non-hydrogen) atoms. The van der Waals surface area contributed by atoms with Gasteiger partial charge in [-0.15, -0.1) is 0 Å². The first-order valence-electron chi connectivity index (χ1n) is 7.96. The first-order valence-corrected chi connectivity index (χ1v) is 7.96. The number of rotatable bonds is 5. The second-order valence-electron chi connectivity index (χ2n) is 6.11. The summed E-state index contributed by atoms with van der Waals surface area (Å²) in [6, 6.07) is 1.76. The molecule has 1 N–H and O–H groups in total. The van der Waals surface area contributed by atoms with Gasteiger partial charge in [-0.2, -0.15) is 5.10 Å². The van der Waals surface area contributed by atoms with Gasteiger partial charge in [0.1, 0.15) is 0 Å². The average Bonchev–Trinajstić information content (AvgIpc) is 3.00. The van der Waals surface area contributed by atoms with Crippen molar-refractivity contribution in [1.82, 2.24) is 24.9 Å². The molecule has 0 aromatic carbocycles. The Morgan fingerprint density at radius 1 is 1.35 bits per heavy atom. The Bertz CT molecular complexity index is 584. The number of imide groups is 1. The Morgan fingerprint density at radius 2 is 2.17 bits per heavy atom. The van der Waals surface area contributed by atoms with E-state index in [-0.39, 0.29) is 24.6 Å². The number of aryl methyl sites for hydroxylation is 2. The number of nitrogens with one attached hydrogen (secondary N) is 1. The molecule has 126 valence electrons. The van der Waals surface area contributed by atoms with E-state index in [9.17, 15) is 9.59 Å². The van der Waals surface area contributed by atoms with Gasteiger partial charge in [0.05, 0.1) is 31.5 Å². The molecular formula is C15H23N5O3. The van der Waals surface area contributed by atoms with Crippen LogP contribution < -0.4 is 5.32 Å². The minimum atomic E-state index is -0.289. The van der Waals surface area contributed by atoms with Crippen molar-refractivity contribution in [2.75, 3.05) is 39.3 Å². The van der Waals surface area contributed by atoms with Crippen LogP contribution in [0.1, 0.15) is 11.4 Å². The van der Waals surface area contributed by atoms with Gasteiger partial charge in [0.2, 0.25) is 5.91 Å². The molecule has 2 aliphatic rings. The molecule has 8 heteroatoms. The maximum Gasteiger partial charge on any atom is 0.324 e. The Kier molecular flexibility index (Phi) is 4.63. The van der Waals surface area contributed by atoms with E-state index in [0.717, 1.165) is 31.0 Å². The lowest BCUT2D eigenvalue weighted by Gasteiger charge is -2.33. The van der Waals surface area contributed by atoms with Crippen LogP contribution in [-0.4, -0.2) is 77.0 Å². The number of carbonyl (C=O) groups is 2. The molecule has 0 aliphatic carbocycles. The van der Waals surface area contributed by atoms with Crippen LogP contribution in [0.2, 0.25) is 0 Å². The third-order valence-electron chi connectivity index (χ3n) is 4.28. The van der Waals surface area contributed by atoms with Gasteiger partial charge >= 0.3 is 6.03 Å². The van der Waals surface area contributed by atoms with Crippen molar-refractivity contribution in [2.24, 2.45) is 0 Å². The van der Waals surface area contributed by atoms with Gasteiger partial charge in [0, 0.05) is 31.9 Å². The maximum atomic E-state index is 11.6. The van der Waals surface area contributed by atoms with E-state index in [1.807, 2.05) is 18.5 Å². The zero-order chi connectivity index (χ0) is 16.4. The fourth-order valence-electron chi connectivity index (χ4n) is 3.07. The normalized spacial score (nSPS) is 22.7. The lowest BCUT2D eigenvalue weighted by molar-refractivity contribution is -0.125. The Hall–Kier alpha value is -1.93. The molecule has 2 saturated heterocycles. The van der Waals surface area contributed by atoms with Crippen LogP contribution in [0.15, 0.2) is 6.07 Å². The lowest BCUT2D eigenvalue weighted by Crippen LogP contribution is -2.47. The molecule has 3 amide bonds. The molecule has 3 rings (SSSR count). The number of amides is 3. The summed E-state index contributed by atoms with van der Waals surface area (Å²) in [6.07, 6.45) is 0.0739. The van der Waals surface area contributed by atoms with Crippen molar-refractivity contribution in [1.29, 1.82) is 0 Å². The Balaban J connectivity index is 1.51. The van der Waals surface area contributed by atoms with Crippen molar-refractivity contribution in [2.45, 2.75) is 26.5 Å². The molecule has 1 aromatic heterocycles. The third kappa shape index (κ3) is 3.70. The Morgan fingerprint density at radius 3 is 2.83 bits per heavy atom. The zero-order valence-corrected chi connectivity index (χ0v) is 13.6. The number of hydrogen-bond donors (Lipinski definition) is 1. The highest BCUT2D eigenvalue weighted by Gasteiger charge is 2.29. The van der Waals surface area contributed by atoms with Gasteiger partial charge in [-0.1, -0.05) is 0 Å². The molecule has 0 radical (unpaired) electrons. The number of aromatic nitrogens is 2. The summed E-state index contributed by atoms with van der Waals surface area (Å²) in [6.45, 7) is 8.21. The number of morpholine rings is 1. The molecule has 3 heterocycles. The van der Waals surface area contributed by atoms with Gasteiger partial charge in [0.15, 0.2) is 0 Å². The van der Waals surface area contributed by atoms with Gasteiger partial charge in [-0.3, -0.25) is 19.3 Å². The summed E-state index contributed by atoms with van der Waals surface area (Å²) in [5.74, 6) is -0.151. The van der Waals surface area contributed by atoms with Crippen LogP contribution in [0.4, 0.5) is 4.79 Å². The van der Waals surface area contributed by atoms with E-state index in [1.165, 1.54) is 4.90 Å². The van der Waals surface area contributed by atoms with Crippen LogP contribution in [0.5, 0.6) is 0 Å². The van der Waals surface area contributed by atoms with Crippen molar-refractivity contribution in [3.8, 4) is 0 Å². The summed E-state index contributed by atoms with van der Waals surface area (Å²) in [5, 5.41) is 7.01. The number of carbonyl (C=O) groups excluding carboxylic acids is 2. The number of hydrogen-bond acceptors (Lipinski definition) is 5. The van der Waals surface area contributed by atoms with E-state index < -0.39 is 0 Å². The van der Waals surface area contributed by atoms with Gasteiger partial charge in [0.25, 0.3) is 0 Å². The van der Waals surface area contributed by atoms with Crippen molar-refractivity contribution >= 4 is 11.9 Å². The maximum absolute atomic E-state index is 11.6. The second-order valence-corrected chi connectivity index (χ2v) is 6.11. The van der Waals surface area contributed by atoms with E-state index in [4.69, 9.17) is 4.74 Å². The smallest absolute Gasteiger partial charge is 0.324 e. The predicted molar refractivity (Wildman–Crippen MR) is 83.0 cm³/mol. The highest BCUT2D eigenvalue weighted by molar-refractivity contribution is 6.01. The molecule has 1 unspecified atom stereocenters. The minimum absolute atomic E-state index is 0.0739. The first kappa shape index (κ1) is 15.9. The topological polar surface area (TPSA) is 79.7 Å². The van der Waals surface area contributed by atoms with Crippen molar-refractivity contribution in [3.63, 3.8) is 0 Å². The molecule has 1 aromatic rings. The van der Waals surface area contributed by atoms with Crippen LogP contribution in [0.3, 0.4) is 0 Å². The summed E-state index contributed by atoms with van der Waals surface area (Å²) in [7, 11) is 0. The molecule has 8 nitrogen and oxygen atoms in total. The second kappa shape index (κ2) is 6.67. The monoisotopic (exact) mass is 321 g/mol. The highest BCUT2D eigenvalue weighted by Crippen LogP contribution is 2.10. The van der Waals surface area contributed by atoms with Crippen LogP contribution >= 0.6 is 0 Å². The van der Waals surface area contributed by atoms with E-state index >= 15 is 0 Å². The summed E-state index contributed by atoms with van der Waals surface area (Å²) in [4.78, 5) is 26.7. The van der Waals surface area contributed by atoms with Crippen LogP contribution in [-0.2, 0) is 16.1 Å². The minimum Gasteiger partial charge on any atom is -0.374 e. The molecule has 0 spiro atoms. The van der Waals surface area contributed by atoms with Crippen LogP contribution in [0, 0.1) is 13.8 Å². The third-order valence-corrected chi connectivity index (χ3v) is 4.28. The summed E-state index contributed by atoms with van der Waals surface area (Å²) >= 11 is 0. The number of nitrogens with zero attached hydrogens (tertiary/aromatic N) is 4. The van der Waals surface area contributed by atoms with Crippen molar-refractivity contribution < 1.29 is 14.3 Å². The van der Waals surface area contributed by atoms with Crippen molar-refractivity contribution in [3.05, 3.63) is 17.5 Å². The molecule has 0 bridgehead atoms. The fourth-order valence-corrected chi connectivity index (χ4v) is 3.07. The number of urea groups is 1. The largest absolute Gasteiger partial charge is 0.374 e. The average molecular weight is 321 g/mol. The highest BCUT2D eigenvalue weighted by atomic mass is 16.5. The standard InChI is InChI=1S/C15H23N5O3/c1-11-7-12(2)20(17-11)10-13-9-18(5-6-23-13)3-4-19-14(21)8-16-15(19)22/h7,13H,3-6,8-10H2,1-2H3,(H,16,22). The van der Waals surface area contributed by atoms with Crippen LogP contribution in [0.25, 0.3) is 0 Å². The first-order chi connectivity index (χ1) is 11.0. The molecule has 1 atom stereocenters. The SMILES string of the molecule is Cc1cc(C)n(CC2CN(CCN3C(=O)CNC3=O)CCO2)n1. The van der Waals surface area contributed by atoms with Gasteiger partial charge < -0.3 is 10.1 Å². The molecule has 0 saturated carbocycles. The van der Waals surface area contributed by atoms with E-state index in [0.29, 0.717) is 19.7 Å². The predicted octanol–water partition coefficient (Wildman–Crippen LogP) is -0.247. The molecular weight excluding hydrogens is 298 g/mol. The van der Waals surface area contributed by atoms with E-state index in [2.05, 4.69) is 21.4 Å². The lowest BCUT2D eigenvalue weighted by atomic mass is 10.2. The Labute approximate surface area is 135 Å². The quantitative estimate of drug-likeness (QED) is 0.757. The zero-order valence-electron chi connectivity index (χ0n) is 13.6.